The molecule has 0 unspecified atom stereocenters. The predicted molar refractivity (Wildman–Crippen MR) is 149 cm³/mol. The van der Waals surface area contributed by atoms with Gasteiger partial charge in [-0.1, -0.05) is 54.4 Å². The third kappa shape index (κ3) is 6.12. The second-order valence-electron chi connectivity index (χ2n) is 8.60. The number of benzene rings is 3. The topological polar surface area (TPSA) is 51.1 Å². The Morgan fingerprint density at radius 2 is 1.78 bits per heavy atom. The van der Waals surface area contributed by atoms with E-state index in [4.69, 9.17) is 26.1 Å². The van der Waals surface area contributed by atoms with Gasteiger partial charge in [0.05, 0.1) is 17.7 Å². The van der Waals surface area contributed by atoms with E-state index in [1.807, 2.05) is 86.7 Å². The number of aliphatic imine (C=N–C) groups is 1. The highest BCUT2D eigenvalue weighted by Gasteiger charge is 2.36. The van der Waals surface area contributed by atoms with Gasteiger partial charge in [-0.05, 0) is 85.6 Å². The number of aryl methyl sites for hydroxylation is 1. The molecule has 7 heteroatoms. The Labute approximate surface area is 221 Å². The normalized spacial score (nSPS) is 16.6. The van der Waals surface area contributed by atoms with E-state index in [0.29, 0.717) is 33.2 Å². The molecule has 0 N–H and O–H groups in total. The predicted octanol–water partition coefficient (Wildman–Crippen LogP) is 7.64. The zero-order valence-corrected chi connectivity index (χ0v) is 22.4. The summed E-state index contributed by atoms with van der Waals surface area (Å²) in [5.74, 6) is 1.19. The maximum atomic E-state index is 13.4. The second kappa shape index (κ2) is 11.7. The summed E-state index contributed by atoms with van der Waals surface area (Å²) in [6, 6.07) is 21.2. The molecule has 0 aliphatic carbocycles. The van der Waals surface area contributed by atoms with Crippen molar-refractivity contribution in [1.82, 2.24) is 4.90 Å². The standard InChI is InChI=1S/C29H29ClN2O3S/c1-5-20(3)32-28(33)27(36-29(32)31-24-13-6-19(2)7-14-24)17-22-10-15-25(26(16-22)34-4)35-18-21-8-11-23(30)12-9-21/h6-17,20H,5,18H2,1-4H3/b27-17+,31-29?/t20-/m1/s1. The van der Waals surface area contributed by atoms with Gasteiger partial charge in [0.2, 0.25) is 0 Å². The largest absolute Gasteiger partial charge is 0.493 e. The lowest BCUT2D eigenvalue weighted by molar-refractivity contribution is -0.123. The van der Waals surface area contributed by atoms with Crippen molar-refractivity contribution in [1.29, 1.82) is 0 Å². The molecule has 4 rings (SSSR count). The Morgan fingerprint density at radius 3 is 2.44 bits per heavy atom. The average molecular weight is 521 g/mol. The first-order valence-electron chi connectivity index (χ1n) is 11.8. The molecule has 5 nitrogen and oxygen atoms in total. The maximum Gasteiger partial charge on any atom is 0.266 e. The maximum absolute atomic E-state index is 13.4. The third-order valence-corrected chi connectivity index (χ3v) is 7.16. The highest BCUT2D eigenvalue weighted by molar-refractivity contribution is 8.18. The zero-order valence-electron chi connectivity index (χ0n) is 20.8. The molecule has 0 saturated carbocycles. The SMILES string of the molecule is CC[C@@H](C)N1C(=O)/C(=C\c2ccc(OCc3ccc(Cl)cc3)c(OC)c2)SC1=Nc1ccc(C)cc1. The van der Waals surface area contributed by atoms with Gasteiger partial charge in [-0.25, -0.2) is 4.99 Å². The molecule has 36 heavy (non-hydrogen) atoms. The molecule has 186 valence electrons. The van der Waals surface area contributed by atoms with Gasteiger partial charge < -0.3 is 9.47 Å². The summed E-state index contributed by atoms with van der Waals surface area (Å²) in [5, 5.41) is 1.38. The fourth-order valence-electron chi connectivity index (χ4n) is 3.65. The molecule has 1 heterocycles. The van der Waals surface area contributed by atoms with E-state index in [0.717, 1.165) is 23.2 Å². The van der Waals surface area contributed by atoms with Crippen LogP contribution in [-0.4, -0.2) is 29.1 Å². The highest BCUT2D eigenvalue weighted by atomic mass is 35.5. The van der Waals surface area contributed by atoms with Gasteiger partial charge in [0.15, 0.2) is 16.7 Å². The summed E-state index contributed by atoms with van der Waals surface area (Å²) in [5.41, 5.74) is 3.85. The Morgan fingerprint density at radius 1 is 1.06 bits per heavy atom. The number of hydrogen-bond acceptors (Lipinski definition) is 5. The molecule has 0 bridgehead atoms. The van der Waals surface area contributed by atoms with Crippen molar-refractivity contribution in [2.45, 2.75) is 39.8 Å². The van der Waals surface area contributed by atoms with E-state index in [-0.39, 0.29) is 11.9 Å². The molecule has 1 saturated heterocycles. The van der Waals surface area contributed by atoms with E-state index in [1.54, 1.807) is 12.0 Å². The van der Waals surface area contributed by atoms with E-state index in [1.165, 1.54) is 17.3 Å². The van der Waals surface area contributed by atoms with Gasteiger partial charge in [0.25, 0.3) is 5.91 Å². The minimum absolute atomic E-state index is 0.0396. The molecular weight excluding hydrogens is 492 g/mol. The van der Waals surface area contributed by atoms with Crippen LogP contribution < -0.4 is 9.47 Å². The van der Waals surface area contributed by atoms with Crippen molar-refractivity contribution in [3.05, 3.63) is 93.3 Å². The first-order chi connectivity index (χ1) is 17.4. The summed E-state index contributed by atoms with van der Waals surface area (Å²) in [4.78, 5) is 20.6. The van der Waals surface area contributed by atoms with Crippen LogP contribution >= 0.6 is 23.4 Å². The van der Waals surface area contributed by atoms with Gasteiger partial charge in [0.1, 0.15) is 6.61 Å². The van der Waals surface area contributed by atoms with Crippen molar-refractivity contribution >= 4 is 46.2 Å². The van der Waals surface area contributed by atoms with E-state index in [9.17, 15) is 4.79 Å². The Balaban J connectivity index is 1.57. The number of rotatable bonds is 8. The lowest BCUT2D eigenvalue weighted by atomic mass is 10.1. The first kappa shape index (κ1) is 25.9. The molecule has 0 spiro atoms. The molecule has 1 aliphatic rings. The van der Waals surface area contributed by atoms with Crippen LogP contribution in [0, 0.1) is 6.92 Å². The molecule has 1 fully saturated rings. The van der Waals surface area contributed by atoms with Crippen molar-refractivity contribution < 1.29 is 14.3 Å². The van der Waals surface area contributed by atoms with Crippen molar-refractivity contribution in [2.24, 2.45) is 4.99 Å². The number of nitrogens with zero attached hydrogens (tertiary/aromatic N) is 2. The van der Waals surface area contributed by atoms with Gasteiger partial charge in [0, 0.05) is 11.1 Å². The number of amides is 1. The van der Waals surface area contributed by atoms with Crippen LogP contribution in [0.2, 0.25) is 5.02 Å². The molecule has 3 aromatic carbocycles. The van der Waals surface area contributed by atoms with Crippen LogP contribution in [0.15, 0.2) is 76.6 Å². The summed E-state index contributed by atoms with van der Waals surface area (Å²) in [6.45, 7) is 6.55. The molecule has 1 atom stereocenters. The minimum atomic E-state index is -0.0396. The number of carbonyl (C=O) groups is 1. The van der Waals surface area contributed by atoms with Gasteiger partial charge in [-0.15, -0.1) is 0 Å². The number of carbonyl (C=O) groups excluding carboxylic acids is 1. The van der Waals surface area contributed by atoms with Crippen LogP contribution in [-0.2, 0) is 11.4 Å². The van der Waals surface area contributed by atoms with Crippen LogP contribution in [0.25, 0.3) is 6.08 Å². The molecule has 1 amide bonds. The number of halogens is 1. The highest BCUT2D eigenvalue weighted by Crippen LogP contribution is 2.37. The summed E-state index contributed by atoms with van der Waals surface area (Å²) in [6.07, 6.45) is 2.71. The van der Waals surface area contributed by atoms with Gasteiger partial charge in [-0.3, -0.25) is 9.69 Å². The Hall–Kier alpha value is -3.22. The molecule has 3 aromatic rings. The lowest BCUT2D eigenvalue weighted by Gasteiger charge is -2.22. The molecule has 0 radical (unpaired) electrons. The van der Waals surface area contributed by atoms with Crippen LogP contribution in [0.5, 0.6) is 11.5 Å². The Kier molecular flexibility index (Phi) is 8.39. The zero-order chi connectivity index (χ0) is 25.7. The molecule has 0 aromatic heterocycles. The van der Waals surface area contributed by atoms with E-state index < -0.39 is 0 Å². The summed E-state index contributed by atoms with van der Waals surface area (Å²) in [7, 11) is 1.61. The second-order valence-corrected chi connectivity index (χ2v) is 10.0. The fraction of sp³-hybridized carbons (Fsp3) is 0.241. The number of methoxy groups -OCH3 is 1. The number of thioether (sulfide) groups is 1. The fourth-order valence-corrected chi connectivity index (χ4v) is 4.87. The van der Waals surface area contributed by atoms with Crippen LogP contribution in [0.4, 0.5) is 5.69 Å². The monoisotopic (exact) mass is 520 g/mol. The van der Waals surface area contributed by atoms with E-state index >= 15 is 0 Å². The molecular formula is C29H29ClN2O3S. The van der Waals surface area contributed by atoms with Crippen molar-refractivity contribution in [3.63, 3.8) is 0 Å². The summed E-state index contributed by atoms with van der Waals surface area (Å²) < 4.78 is 11.5. The summed E-state index contributed by atoms with van der Waals surface area (Å²) >= 11 is 7.36. The number of hydrogen-bond donors (Lipinski definition) is 0. The quantitative estimate of drug-likeness (QED) is 0.286. The van der Waals surface area contributed by atoms with Crippen LogP contribution in [0.3, 0.4) is 0 Å². The molecule has 1 aliphatic heterocycles. The Bertz CT molecular complexity index is 1290. The number of amidine groups is 1. The van der Waals surface area contributed by atoms with Crippen molar-refractivity contribution in [2.75, 3.05) is 7.11 Å². The van der Waals surface area contributed by atoms with Crippen molar-refractivity contribution in [3.8, 4) is 11.5 Å². The van der Waals surface area contributed by atoms with E-state index in [2.05, 4.69) is 6.92 Å². The van der Waals surface area contributed by atoms with Crippen LogP contribution in [0.1, 0.15) is 37.0 Å². The smallest absolute Gasteiger partial charge is 0.266 e. The number of ether oxygens (including phenoxy) is 2. The van der Waals surface area contributed by atoms with Gasteiger partial charge >= 0.3 is 0 Å². The first-order valence-corrected chi connectivity index (χ1v) is 13.0. The minimum Gasteiger partial charge on any atom is -0.493 e. The third-order valence-electron chi connectivity index (χ3n) is 5.92. The lowest BCUT2D eigenvalue weighted by Crippen LogP contribution is -2.36. The van der Waals surface area contributed by atoms with Gasteiger partial charge in [-0.2, -0.15) is 0 Å². The average Bonchev–Trinajstić information content (AvgIpc) is 3.19.